The molecule has 184 valence electrons. The molecule has 0 nitrogen and oxygen atoms in total. The van der Waals surface area contributed by atoms with Gasteiger partial charge in [0.1, 0.15) is 0 Å². The van der Waals surface area contributed by atoms with Gasteiger partial charge in [0, 0.05) is 0 Å². The second-order valence-electron chi connectivity index (χ2n) is 11.6. The fourth-order valence-corrected chi connectivity index (χ4v) is 6.19. The summed E-state index contributed by atoms with van der Waals surface area (Å²) in [6.07, 6.45) is 7.32. The van der Waals surface area contributed by atoms with Crippen molar-refractivity contribution in [1.29, 1.82) is 0 Å². The Balaban J connectivity index is 1.65. The molecule has 1 aliphatic carbocycles. The molecule has 0 saturated heterocycles. The maximum Gasteiger partial charge on any atom is -0.0166 e. The van der Waals surface area contributed by atoms with E-state index in [1.54, 1.807) is 0 Å². The second-order valence-corrected chi connectivity index (χ2v) is 11.6. The average Bonchev–Trinajstić information content (AvgIpc) is 2.81. The van der Waals surface area contributed by atoms with Crippen LogP contribution in [0.5, 0.6) is 0 Å². The van der Waals surface area contributed by atoms with Gasteiger partial charge in [-0.25, -0.2) is 0 Å². The van der Waals surface area contributed by atoms with E-state index in [1.807, 2.05) is 0 Å². The van der Waals surface area contributed by atoms with Crippen molar-refractivity contribution in [2.24, 2.45) is 35.5 Å². The van der Waals surface area contributed by atoms with E-state index in [2.05, 4.69) is 103 Å². The molecule has 0 aromatic heterocycles. The number of aryl methyl sites for hydroxylation is 2. The monoisotopic (exact) mass is 456 g/mol. The van der Waals surface area contributed by atoms with Crippen molar-refractivity contribution in [3.8, 4) is 0 Å². The van der Waals surface area contributed by atoms with Gasteiger partial charge in [-0.15, -0.1) is 0 Å². The summed E-state index contributed by atoms with van der Waals surface area (Å²) < 4.78 is 0. The first kappa shape index (κ1) is 26.5. The Bertz CT molecular complexity index is 946. The molecule has 0 radical (unpaired) electrons. The fraction of sp³-hybridized carbons (Fsp3) is 0.529. The molecule has 2 aromatic carbocycles. The average molecular weight is 457 g/mol. The topological polar surface area (TPSA) is 0 Å². The minimum Gasteiger partial charge on any atom is -0.0998 e. The summed E-state index contributed by atoms with van der Waals surface area (Å²) in [5.74, 6) is 4.36. The van der Waals surface area contributed by atoms with Crippen LogP contribution in [-0.4, -0.2) is 0 Å². The molecule has 0 spiro atoms. The molecule has 0 amide bonds. The van der Waals surface area contributed by atoms with Crippen LogP contribution in [0.4, 0.5) is 0 Å². The number of rotatable bonds is 10. The highest BCUT2D eigenvalue weighted by Crippen LogP contribution is 2.46. The Kier molecular flexibility index (Phi) is 9.40. The quantitative estimate of drug-likeness (QED) is 0.312. The van der Waals surface area contributed by atoms with Crippen molar-refractivity contribution >= 4 is 5.57 Å². The van der Waals surface area contributed by atoms with E-state index in [9.17, 15) is 0 Å². The minimum absolute atomic E-state index is 0.567. The lowest BCUT2D eigenvalue weighted by Gasteiger charge is -2.42. The number of allylic oxidation sites excluding steroid dienone is 2. The van der Waals surface area contributed by atoms with Crippen LogP contribution in [0.1, 0.15) is 82.6 Å². The summed E-state index contributed by atoms with van der Waals surface area (Å²) in [5.41, 5.74) is 8.18. The third-order valence-electron chi connectivity index (χ3n) is 8.93. The van der Waals surface area contributed by atoms with Crippen LogP contribution < -0.4 is 0 Å². The van der Waals surface area contributed by atoms with Crippen LogP contribution in [0.25, 0.3) is 5.57 Å². The molecule has 0 heterocycles. The lowest BCUT2D eigenvalue weighted by Crippen LogP contribution is -2.33. The van der Waals surface area contributed by atoms with Crippen LogP contribution in [-0.2, 0) is 12.8 Å². The van der Waals surface area contributed by atoms with Crippen LogP contribution in [0.15, 0.2) is 67.3 Å². The van der Waals surface area contributed by atoms with Gasteiger partial charge in [0.25, 0.3) is 0 Å². The van der Waals surface area contributed by atoms with E-state index < -0.39 is 0 Å². The molecule has 0 bridgehead atoms. The SMILES string of the molecule is C=C(CC1CC(C(C)C[C@@H](Cc2ccc(CC)cc2)C(=C)C)C[C@@H](C)[C@@H]1C)c1cccc(C)c1. The van der Waals surface area contributed by atoms with E-state index in [4.69, 9.17) is 0 Å². The first-order chi connectivity index (χ1) is 16.2. The molecule has 0 heteroatoms. The van der Waals surface area contributed by atoms with Crippen LogP contribution in [0, 0.1) is 42.4 Å². The minimum atomic E-state index is 0.567. The molecule has 1 aliphatic rings. The van der Waals surface area contributed by atoms with E-state index in [0.29, 0.717) is 5.92 Å². The maximum absolute atomic E-state index is 4.51. The summed E-state index contributed by atoms with van der Waals surface area (Å²) in [4.78, 5) is 0. The fourth-order valence-electron chi connectivity index (χ4n) is 6.19. The molecule has 3 rings (SSSR count). The summed E-state index contributed by atoms with van der Waals surface area (Å²) >= 11 is 0. The third kappa shape index (κ3) is 6.97. The van der Waals surface area contributed by atoms with Crippen LogP contribution in [0.3, 0.4) is 0 Å². The van der Waals surface area contributed by atoms with E-state index in [-0.39, 0.29) is 0 Å². The maximum atomic E-state index is 4.51. The van der Waals surface area contributed by atoms with Gasteiger partial charge in [0.05, 0.1) is 0 Å². The standard InChI is InChI=1S/C34H48/c1-9-29-13-15-30(16-14-29)21-32(23(2)3)19-27(7)33-18-25(5)28(8)34(22-33)20-26(6)31-12-10-11-24(4)17-31/h10-17,25,27-28,32-34H,2,6,9,18-22H2,1,3-5,7-8H3/t25-,27?,28+,32+,33?,34?/m1/s1. The summed E-state index contributed by atoms with van der Waals surface area (Å²) in [6, 6.07) is 18.1. The molecular formula is C34H48. The van der Waals surface area contributed by atoms with Crippen LogP contribution >= 0.6 is 0 Å². The van der Waals surface area contributed by atoms with Crippen molar-refractivity contribution in [2.75, 3.05) is 0 Å². The third-order valence-corrected chi connectivity index (χ3v) is 8.93. The highest BCUT2D eigenvalue weighted by Gasteiger charge is 2.35. The van der Waals surface area contributed by atoms with Gasteiger partial charge in [0.2, 0.25) is 0 Å². The van der Waals surface area contributed by atoms with Crippen molar-refractivity contribution in [3.05, 3.63) is 89.5 Å². The Morgan fingerprint density at radius 2 is 1.68 bits per heavy atom. The predicted molar refractivity (Wildman–Crippen MR) is 151 cm³/mol. The Morgan fingerprint density at radius 1 is 1.00 bits per heavy atom. The van der Waals surface area contributed by atoms with Crippen LogP contribution in [0.2, 0.25) is 0 Å². The Morgan fingerprint density at radius 3 is 2.29 bits per heavy atom. The number of hydrogen-bond donors (Lipinski definition) is 0. The Hall–Kier alpha value is -2.08. The van der Waals surface area contributed by atoms with E-state index in [0.717, 1.165) is 48.9 Å². The zero-order chi connectivity index (χ0) is 24.8. The second kappa shape index (κ2) is 12.1. The lowest BCUT2D eigenvalue weighted by atomic mass is 9.63. The molecule has 0 N–H and O–H groups in total. The highest BCUT2D eigenvalue weighted by atomic mass is 14.4. The molecule has 6 atom stereocenters. The molecule has 2 aromatic rings. The molecular weight excluding hydrogens is 408 g/mol. The highest BCUT2D eigenvalue weighted by molar-refractivity contribution is 5.64. The number of hydrogen-bond acceptors (Lipinski definition) is 0. The first-order valence-corrected chi connectivity index (χ1v) is 13.7. The van der Waals surface area contributed by atoms with Gasteiger partial charge in [-0.3, -0.25) is 0 Å². The Labute approximate surface area is 210 Å². The molecule has 1 saturated carbocycles. The largest absolute Gasteiger partial charge is 0.0998 e. The molecule has 34 heavy (non-hydrogen) atoms. The first-order valence-electron chi connectivity index (χ1n) is 13.7. The van der Waals surface area contributed by atoms with E-state index >= 15 is 0 Å². The van der Waals surface area contributed by atoms with Gasteiger partial charge in [-0.2, -0.15) is 0 Å². The summed E-state index contributed by atoms with van der Waals surface area (Å²) in [6.45, 7) is 23.0. The van der Waals surface area contributed by atoms with Gasteiger partial charge in [-0.1, -0.05) is 101 Å². The van der Waals surface area contributed by atoms with Gasteiger partial charge in [0.15, 0.2) is 0 Å². The molecule has 1 fully saturated rings. The zero-order valence-electron chi connectivity index (χ0n) is 22.7. The van der Waals surface area contributed by atoms with Crippen molar-refractivity contribution in [2.45, 2.75) is 80.1 Å². The summed E-state index contributed by atoms with van der Waals surface area (Å²) in [5, 5.41) is 0. The normalized spacial score (nSPS) is 24.4. The number of benzene rings is 2. The molecule has 0 aliphatic heterocycles. The molecule has 3 unspecified atom stereocenters. The van der Waals surface area contributed by atoms with Crippen molar-refractivity contribution in [3.63, 3.8) is 0 Å². The zero-order valence-corrected chi connectivity index (χ0v) is 22.7. The van der Waals surface area contributed by atoms with Crippen molar-refractivity contribution in [1.82, 2.24) is 0 Å². The van der Waals surface area contributed by atoms with Gasteiger partial charge in [-0.05, 0) is 110 Å². The summed E-state index contributed by atoms with van der Waals surface area (Å²) in [7, 11) is 0. The lowest BCUT2D eigenvalue weighted by molar-refractivity contribution is 0.0938. The van der Waals surface area contributed by atoms with Crippen molar-refractivity contribution < 1.29 is 0 Å². The van der Waals surface area contributed by atoms with Gasteiger partial charge >= 0.3 is 0 Å². The van der Waals surface area contributed by atoms with E-state index in [1.165, 1.54) is 52.7 Å². The predicted octanol–water partition coefficient (Wildman–Crippen LogP) is 9.72. The smallest absolute Gasteiger partial charge is 0.0166 e. The van der Waals surface area contributed by atoms with Gasteiger partial charge < -0.3 is 0 Å².